The van der Waals surface area contributed by atoms with Crippen LogP contribution in [0.1, 0.15) is 36.3 Å². The van der Waals surface area contributed by atoms with E-state index in [1.54, 1.807) is 23.5 Å². The van der Waals surface area contributed by atoms with Gasteiger partial charge in [-0.05, 0) is 61.4 Å². The number of fused-ring (bicyclic) bond motifs is 3. The van der Waals surface area contributed by atoms with Gasteiger partial charge < -0.3 is 9.84 Å². The number of hydrazone groups is 1. The minimum Gasteiger partial charge on any atom is -0.504 e. The van der Waals surface area contributed by atoms with Gasteiger partial charge in [0.25, 0.3) is 11.5 Å². The Labute approximate surface area is 183 Å². The number of hydrogen-bond acceptors (Lipinski definition) is 7. The van der Waals surface area contributed by atoms with Gasteiger partial charge in [-0.2, -0.15) is 5.10 Å². The zero-order valence-corrected chi connectivity index (χ0v) is 18.2. The normalized spacial score (nSPS) is 15.9. The van der Waals surface area contributed by atoms with E-state index in [2.05, 4.69) is 22.4 Å². The first-order valence-corrected chi connectivity index (χ1v) is 11.0. The highest BCUT2D eigenvalue weighted by atomic mass is 32.1. The number of phenolic OH excluding ortho intramolecular Hbond substituents is 1. The first-order valence-electron chi connectivity index (χ1n) is 10.2. The number of benzene rings is 1. The van der Waals surface area contributed by atoms with Crippen molar-refractivity contribution in [1.82, 2.24) is 15.0 Å². The van der Waals surface area contributed by atoms with Gasteiger partial charge in [0.15, 0.2) is 11.5 Å². The Morgan fingerprint density at radius 2 is 2.32 bits per heavy atom. The smallest absolute Gasteiger partial charge is 0.262 e. The molecular formula is C22H24N4O4S. The fourth-order valence-corrected chi connectivity index (χ4v) is 5.07. The van der Waals surface area contributed by atoms with Crippen LogP contribution in [0.2, 0.25) is 0 Å². The molecule has 1 aliphatic carbocycles. The van der Waals surface area contributed by atoms with E-state index in [1.807, 2.05) is 6.92 Å². The third-order valence-corrected chi connectivity index (χ3v) is 6.45. The van der Waals surface area contributed by atoms with Crippen LogP contribution in [0.15, 0.2) is 34.4 Å². The second-order valence-electron chi connectivity index (χ2n) is 7.66. The number of aromatic hydroxyl groups is 1. The van der Waals surface area contributed by atoms with E-state index in [-0.39, 0.29) is 17.9 Å². The molecule has 162 valence electrons. The number of amides is 1. The monoisotopic (exact) mass is 440 g/mol. The molecule has 0 fully saturated rings. The van der Waals surface area contributed by atoms with Gasteiger partial charge in [-0.3, -0.25) is 14.2 Å². The Hall–Kier alpha value is -3.20. The zero-order chi connectivity index (χ0) is 22.0. The molecule has 2 N–H and O–H groups in total. The quantitative estimate of drug-likeness (QED) is 0.453. The summed E-state index contributed by atoms with van der Waals surface area (Å²) < 4.78 is 6.65. The van der Waals surface area contributed by atoms with Crippen LogP contribution in [0.3, 0.4) is 0 Å². The van der Waals surface area contributed by atoms with Gasteiger partial charge in [-0.25, -0.2) is 10.4 Å². The van der Waals surface area contributed by atoms with E-state index in [4.69, 9.17) is 4.74 Å². The van der Waals surface area contributed by atoms with Crippen LogP contribution in [-0.2, 0) is 24.2 Å². The van der Waals surface area contributed by atoms with E-state index in [0.717, 1.165) is 29.7 Å². The van der Waals surface area contributed by atoms with Gasteiger partial charge in [0.05, 0.1) is 24.5 Å². The maximum Gasteiger partial charge on any atom is 0.262 e. The molecule has 2 heterocycles. The first-order chi connectivity index (χ1) is 15.0. The van der Waals surface area contributed by atoms with Gasteiger partial charge >= 0.3 is 0 Å². The van der Waals surface area contributed by atoms with Crippen molar-refractivity contribution in [3.63, 3.8) is 0 Å². The van der Waals surface area contributed by atoms with E-state index in [0.29, 0.717) is 29.2 Å². The minimum absolute atomic E-state index is 0.0374. The number of aryl methyl sites for hydroxylation is 1. The van der Waals surface area contributed by atoms with Crippen LogP contribution >= 0.6 is 11.3 Å². The lowest BCUT2D eigenvalue weighted by molar-refractivity contribution is -0.121. The van der Waals surface area contributed by atoms with Gasteiger partial charge in [0, 0.05) is 4.88 Å². The fourth-order valence-electron chi connectivity index (χ4n) is 3.73. The summed E-state index contributed by atoms with van der Waals surface area (Å²) in [6.07, 6.45) is 5.79. The van der Waals surface area contributed by atoms with Crippen molar-refractivity contribution in [3.8, 4) is 11.5 Å². The number of hydrogen-bond donors (Lipinski definition) is 2. The molecule has 0 radical (unpaired) electrons. The largest absolute Gasteiger partial charge is 0.504 e. The highest BCUT2D eigenvalue weighted by molar-refractivity contribution is 7.18. The van der Waals surface area contributed by atoms with Crippen molar-refractivity contribution in [3.05, 3.63) is 50.9 Å². The van der Waals surface area contributed by atoms with Gasteiger partial charge in [0.1, 0.15) is 11.4 Å². The maximum atomic E-state index is 13.0. The second-order valence-corrected chi connectivity index (χ2v) is 8.75. The summed E-state index contributed by atoms with van der Waals surface area (Å²) in [5, 5.41) is 14.3. The summed E-state index contributed by atoms with van der Waals surface area (Å²) in [6, 6.07) is 4.77. The lowest BCUT2D eigenvalue weighted by Crippen LogP contribution is -2.30. The highest BCUT2D eigenvalue weighted by Crippen LogP contribution is 2.35. The number of ether oxygens (including phenoxy) is 1. The Morgan fingerprint density at radius 1 is 1.48 bits per heavy atom. The molecule has 31 heavy (non-hydrogen) atoms. The summed E-state index contributed by atoms with van der Waals surface area (Å²) in [5.74, 6) is 0.568. The summed E-state index contributed by atoms with van der Waals surface area (Å²) in [4.78, 5) is 31.7. The van der Waals surface area contributed by atoms with Crippen molar-refractivity contribution < 1.29 is 14.6 Å². The average molecular weight is 441 g/mol. The van der Waals surface area contributed by atoms with Crippen LogP contribution in [-0.4, -0.2) is 33.4 Å². The highest BCUT2D eigenvalue weighted by Gasteiger charge is 2.23. The third kappa shape index (κ3) is 4.46. The van der Waals surface area contributed by atoms with E-state index < -0.39 is 5.91 Å². The lowest BCUT2D eigenvalue weighted by Gasteiger charge is -2.17. The Morgan fingerprint density at radius 3 is 3.13 bits per heavy atom. The predicted octanol–water partition coefficient (Wildman–Crippen LogP) is 2.84. The number of thiophene rings is 1. The predicted molar refractivity (Wildman–Crippen MR) is 120 cm³/mol. The molecule has 1 aromatic carbocycles. The van der Waals surface area contributed by atoms with Crippen molar-refractivity contribution >= 4 is 33.7 Å². The number of carbonyl (C=O) groups is 1. The lowest BCUT2D eigenvalue weighted by atomic mass is 9.89. The molecule has 4 rings (SSSR count). The molecule has 0 bridgehead atoms. The number of nitrogens with zero attached hydrogens (tertiary/aromatic N) is 3. The minimum atomic E-state index is -0.430. The van der Waals surface area contributed by atoms with Crippen LogP contribution in [0.4, 0.5) is 0 Å². The summed E-state index contributed by atoms with van der Waals surface area (Å²) in [5.41, 5.74) is 3.99. The number of aromatic nitrogens is 2. The molecule has 0 aliphatic heterocycles. The fraction of sp³-hybridized carbons (Fsp3) is 0.364. The van der Waals surface area contributed by atoms with Crippen LogP contribution in [0.25, 0.3) is 10.2 Å². The van der Waals surface area contributed by atoms with Crippen LogP contribution in [0, 0.1) is 5.92 Å². The molecule has 0 saturated carbocycles. The molecule has 8 nitrogen and oxygen atoms in total. The van der Waals surface area contributed by atoms with Crippen molar-refractivity contribution in [1.29, 1.82) is 0 Å². The van der Waals surface area contributed by atoms with Crippen LogP contribution < -0.4 is 15.7 Å². The first kappa shape index (κ1) is 21.0. The SMILES string of the molecule is CCOc1cc(/C=N/NC(=O)Cn2cnc3sc4c(c3c2=O)CC[C@@H](C)C4)ccc1O. The van der Waals surface area contributed by atoms with E-state index in [1.165, 1.54) is 28.1 Å². The molecule has 1 amide bonds. The molecule has 1 atom stereocenters. The molecule has 0 spiro atoms. The van der Waals surface area contributed by atoms with Crippen molar-refractivity contribution in [2.24, 2.45) is 11.0 Å². The van der Waals surface area contributed by atoms with Crippen molar-refractivity contribution in [2.45, 2.75) is 39.7 Å². The summed E-state index contributed by atoms with van der Waals surface area (Å²) in [6.45, 7) is 4.30. The van der Waals surface area contributed by atoms with Crippen LogP contribution in [0.5, 0.6) is 11.5 Å². The Balaban J connectivity index is 1.46. The molecule has 1 aliphatic rings. The molecule has 9 heteroatoms. The number of phenols is 1. The standard InChI is InChI=1S/C22H24N4O4S/c1-3-30-17-9-14(5-7-16(17)27)10-24-25-19(28)11-26-12-23-21-20(22(26)29)15-6-4-13(2)8-18(15)31-21/h5,7,9-10,12-13,27H,3-4,6,8,11H2,1-2H3,(H,25,28)/b24-10+/t13-/m1/s1. The molecular weight excluding hydrogens is 416 g/mol. The van der Waals surface area contributed by atoms with Crippen molar-refractivity contribution in [2.75, 3.05) is 6.61 Å². The Kier molecular flexibility index (Phi) is 6.03. The average Bonchev–Trinajstić information content (AvgIpc) is 3.11. The van der Waals surface area contributed by atoms with E-state index >= 15 is 0 Å². The summed E-state index contributed by atoms with van der Waals surface area (Å²) in [7, 11) is 0. The van der Waals surface area contributed by atoms with E-state index in [9.17, 15) is 14.7 Å². The Bertz CT molecular complexity index is 1210. The zero-order valence-electron chi connectivity index (χ0n) is 17.4. The maximum absolute atomic E-state index is 13.0. The summed E-state index contributed by atoms with van der Waals surface area (Å²) >= 11 is 1.59. The molecule has 2 aromatic heterocycles. The topological polar surface area (TPSA) is 106 Å². The molecule has 0 saturated heterocycles. The molecule has 3 aromatic rings. The third-order valence-electron chi connectivity index (χ3n) is 5.28. The molecule has 0 unspecified atom stereocenters. The van der Waals surface area contributed by atoms with Gasteiger partial charge in [-0.15, -0.1) is 11.3 Å². The number of rotatable bonds is 6. The second kappa shape index (κ2) is 8.89. The van der Waals surface area contributed by atoms with Gasteiger partial charge in [-0.1, -0.05) is 6.92 Å². The number of nitrogens with one attached hydrogen (secondary N) is 1. The van der Waals surface area contributed by atoms with Gasteiger partial charge in [0.2, 0.25) is 0 Å². The number of carbonyl (C=O) groups excluding carboxylic acids is 1.